The van der Waals surface area contributed by atoms with Gasteiger partial charge in [-0.2, -0.15) is 0 Å². The zero-order valence-electron chi connectivity index (χ0n) is 15.2. The molecular weight excluding hydrogens is 358 g/mol. The van der Waals surface area contributed by atoms with Gasteiger partial charge in [-0.05, 0) is 17.7 Å². The largest absolute Gasteiger partial charge is 0.497 e. The Morgan fingerprint density at radius 1 is 1.15 bits per heavy atom. The number of aromatic nitrogens is 3. The SMILES string of the molecule is C=CCn1c(Cc2ccc(OC)cc2)nnc1SCC(=O)c1ccccc1. The number of ether oxygens (including phenoxy) is 1. The molecule has 0 saturated heterocycles. The topological polar surface area (TPSA) is 57.0 Å². The Morgan fingerprint density at radius 3 is 2.56 bits per heavy atom. The number of hydrogen-bond donors (Lipinski definition) is 0. The summed E-state index contributed by atoms with van der Waals surface area (Å²) in [6, 6.07) is 17.2. The quantitative estimate of drug-likeness (QED) is 0.319. The number of carbonyl (C=O) groups is 1. The lowest BCUT2D eigenvalue weighted by molar-refractivity contribution is 0.102. The molecule has 0 amide bonds. The van der Waals surface area contributed by atoms with Gasteiger partial charge in [0.15, 0.2) is 10.9 Å². The minimum Gasteiger partial charge on any atom is -0.497 e. The molecule has 0 aliphatic carbocycles. The molecule has 0 radical (unpaired) electrons. The minimum atomic E-state index is 0.0745. The van der Waals surface area contributed by atoms with Gasteiger partial charge in [0.2, 0.25) is 0 Å². The van der Waals surface area contributed by atoms with E-state index in [1.54, 1.807) is 7.11 Å². The first-order chi connectivity index (χ1) is 13.2. The third-order valence-corrected chi connectivity index (χ3v) is 5.02. The van der Waals surface area contributed by atoms with Crippen molar-refractivity contribution in [3.05, 3.63) is 84.2 Å². The van der Waals surface area contributed by atoms with Gasteiger partial charge in [0.05, 0.1) is 12.9 Å². The predicted octanol–water partition coefficient (Wildman–Crippen LogP) is 4.04. The molecule has 0 fully saturated rings. The standard InChI is InChI=1S/C21H21N3O2S/c1-3-13-24-20(14-16-9-11-18(26-2)12-10-16)22-23-21(24)27-15-19(25)17-7-5-4-6-8-17/h3-12H,1,13-15H2,2H3. The molecule has 27 heavy (non-hydrogen) atoms. The number of nitrogens with zero attached hydrogens (tertiary/aromatic N) is 3. The summed E-state index contributed by atoms with van der Waals surface area (Å²) in [5.74, 6) is 2.06. The lowest BCUT2D eigenvalue weighted by Crippen LogP contribution is -2.07. The number of benzene rings is 2. The van der Waals surface area contributed by atoms with Crippen LogP contribution in [0.1, 0.15) is 21.7 Å². The molecule has 0 saturated carbocycles. The van der Waals surface area contributed by atoms with Crippen LogP contribution in [-0.4, -0.2) is 33.4 Å². The molecule has 0 atom stereocenters. The smallest absolute Gasteiger partial charge is 0.191 e. The Bertz CT molecular complexity index is 905. The van der Waals surface area contributed by atoms with E-state index in [9.17, 15) is 4.79 Å². The summed E-state index contributed by atoms with van der Waals surface area (Å²) in [4.78, 5) is 12.3. The van der Waals surface area contributed by atoms with Crippen molar-refractivity contribution in [3.63, 3.8) is 0 Å². The summed E-state index contributed by atoms with van der Waals surface area (Å²) in [5.41, 5.74) is 1.82. The van der Waals surface area contributed by atoms with Crippen molar-refractivity contribution >= 4 is 17.5 Å². The molecule has 2 aromatic carbocycles. The second-order valence-electron chi connectivity index (χ2n) is 5.90. The van der Waals surface area contributed by atoms with Crippen LogP contribution >= 0.6 is 11.8 Å². The second kappa shape index (κ2) is 9.19. The van der Waals surface area contributed by atoms with Gasteiger partial charge in [0.25, 0.3) is 0 Å². The van der Waals surface area contributed by atoms with Crippen molar-refractivity contribution in [3.8, 4) is 5.75 Å². The third kappa shape index (κ3) is 4.86. The van der Waals surface area contributed by atoms with E-state index >= 15 is 0 Å². The van der Waals surface area contributed by atoms with Crippen LogP contribution in [0, 0.1) is 0 Å². The Hall–Kier alpha value is -2.86. The summed E-state index contributed by atoms with van der Waals surface area (Å²) >= 11 is 1.40. The first-order valence-electron chi connectivity index (χ1n) is 8.58. The molecule has 0 N–H and O–H groups in total. The molecule has 1 aromatic heterocycles. The average Bonchev–Trinajstić information content (AvgIpc) is 3.09. The molecule has 0 unspecified atom stereocenters. The van der Waals surface area contributed by atoms with E-state index in [0.717, 1.165) is 22.3 Å². The predicted molar refractivity (Wildman–Crippen MR) is 108 cm³/mol. The summed E-state index contributed by atoms with van der Waals surface area (Å²) in [6.07, 6.45) is 2.46. The van der Waals surface area contributed by atoms with Crippen LogP contribution in [0.25, 0.3) is 0 Å². The van der Waals surface area contributed by atoms with Crippen LogP contribution < -0.4 is 4.74 Å². The van der Waals surface area contributed by atoms with Crippen LogP contribution in [0.2, 0.25) is 0 Å². The Balaban J connectivity index is 1.72. The maximum Gasteiger partial charge on any atom is 0.191 e. The monoisotopic (exact) mass is 379 g/mol. The van der Waals surface area contributed by atoms with Gasteiger partial charge in [0, 0.05) is 18.5 Å². The van der Waals surface area contributed by atoms with Gasteiger partial charge >= 0.3 is 0 Å². The fraction of sp³-hybridized carbons (Fsp3) is 0.190. The number of carbonyl (C=O) groups excluding carboxylic acids is 1. The highest BCUT2D eigenvalue weighted by Gasteiger charge is 2.14. The lowest BCUT2D eigenvalue weighted by atomic mass is 10.1. The Morgan fingerprint density at radius 2 is 1.89 bits per heavy atom. The van der Waals surface area contributed by atoms with E-state index in [0.29, 0.717) is 24.3 Å². The first kappa shape index (κ1) is 18.9. The van der Waals surface area contributed by atoms with Crippen molar-refractivity contribution in [2.75, 3.05) is 12.9 Å². The Labute approximate surface area is 163 Å². The minimum absolute atomic E-state index is 0.0745. The van der Waals surface area contributed by atoms with Crippen molar-refractivity contribution < 1.29 is 9.53 Å². The Kier molecular flexibility index (Phi) is 6.44. The lowest BCUT2D eigenvalue weighted by Gasteiger charge is -2.08. The summed E-state index contributed by atoms with van der Waals surface area (Å²) in [7, 11) is 1.65. The number of allylic oxidation sites excluding steroid dienone is 1. The number of ketones is 1. The zero-order valence-corrected chi connectivity index (χ0v) is 16.0. The molecule has 0 aliphatic rings. The number of Topliss-reactive ketones (excluding diaryl/α,β-unsaturated/α-hetero) is 1. The van der Waals surface area contributed by atoms with E-state index in [2.05, 4.69) is 16.8 Å². The van der Waals surface area contributed by atoms with E-state index in [1.807, 2.05) is 65.2 Å². The maximum absolute atomic E-state index is 12.3. The van der Waals surface area contributed by atoms with E-state index < -0.39 is 0 Å². The van der Waals surface area contributed by atoms with E-state index in [-0.39, 0.29) is 5.78 Å². The highest BCUT2D eigenvalue weighted by Crippen LogP contribution is 2.21. The van der Waals surface area contributed by atoms with E-state index in [4.69, 9.17) is 4.74 Å². The summed E-state index contributed by atoms with van der Waals surface area (Å²) in [6.45, 7) is 4.42. The van der Waals surface area contributed by atoms with Crippen LogP contribution in [-0.2, 0) is 13.0 Å². The van der Waals surface area contributed by atoms with Gasteiger partial charge < -0.3 is 9.30 Å². The van der Waals surface area contributed by atoms with Crippen LogP contribution in [0.15, 0.2) is 72.4 Å². The molecule has 3 rings (SSSR count). The molecule has 1 heterocycles. The van der Waals surface area contributed by atoms with Crippen LogP contribution in [0.3, 0.4) is 0 Å². The van der Waals surface area contributed by atoms with Gasteiger partial charge in [-0.15, -0.1) is 16.8 Å². The van der Waals surface area contributed by atoms with Crippen molar-refractivity contribution in [1.29, 1.82) is 0 Å². The molecule has 3 aromatic rings. The molecule has 0 aliphatic heterocycles. The van der Waals surface area contributed by atoms with Crippen molar-refractivity contribution in [2.24, 2.45) is 0 Å². The van der Waals surface area contributed by atoms with E-state index in [1.165, 1.54) is 11.8 Å². The van der Waals surface area contributed by atoms with Gasteiger partial charge in [0.1, 0.15) is 11.6 Å². The van der Waals surface area contributed by atoms with Crippen LogP contribution in [0.5, 0.6) is 5.75 Å². The number of rotatable bonds is 9. The fourth-order valence-electron chi connectivity index (χ4n) is 2.63. The summed E-state index contributed by atoms with van der Waals surface area (Å²) < 4.78 is 7.20. The number of methoxy groups -OCH3 is 1. The van der Waals surface area contributed by atoms with Crippen molar-refractivity contribution in [1.82, 2.24) is 14.8 Å². The third-order valence-electron chi connectivity index (χ3n) is 4.05. The van der Waals surface area contributed by atoms with Gasteiger partial charge in [-0.1, -0.05) is 60.3 Å². The van der Waals surface area contributed by atoms with Gasteiger partial charge in [-0.3, -0.25) is 4.79 Å². The first-order valence-corrected chi connectivity index (χ1v) is 9.56. The highest BCUT2D eigenvalue weighted by atomic mass is 32.2. The van der Waals surface area contributed by atoms with Gasteiger partial charge in [-0.25, -0.2) is 0 Å². The van der Waals surface area contributed by atoms with Crippen LogP contribution in [0.4, 0.5) is 0 Å². The zero-order chi connectivity index (χ0) is 19.1. The number of hydrogen-bond acceptors (Lipinski definition) is 5. The number of thioether (sulfide) groups is 1. The van der Waals surface area contributed by atoms with Crippen molar-refractivity contribution in [2.45, 2.75) is 18.1 Å². The summed E-state index contributed by atoms with van der Waals surface area (Å²) in [5, 5.41) is 9.33. The second-order valence-corrected chi connectivity index (χ2v) is 6.84. The molecule has 138 valence electrons. The molecule has 6 heteroatoms. The molecule has 5 nitrogen and oxygen atoms in total. The molecular formula is C21H21N3O2S. The average molecular weight is 379 g/mol. The fourth-order valence-corrected chi connectivity index (χ4v) is 3.49. The maximum atomic E-state index is 12.3. The molecule has 0 spiro atoms. The normalized spacial score (nSPS) is 10.6. The highest BCUT2D eigenvalue weighted by molar-refractivity contribution is 7.99. The molecule has 0 bridgehead atoms.